The van der Waals surface area contributed by atoms with Crippen LogP contribution in [0.2, 0.25) is 0 Å². The van der Waals surface area contributed by atoms with Gasteiger partial charge in [-0.2, -0.15) is 5.10 Å². The minimum absolute atomic E-state index is 0.0744. The van der Waals surface area contributed by atoms with Crippen molar-refractivity contribution in [1.82, 2.24) is 14.8 Å². The van der Waals surface area contributed by atoms with Crippen LogP contribution >= 0.6 is 11.8 Å². The topological polar surface area (TPSA) is 47.8 Å². The molecule has 0 unspecified atom stereocenters. The molecule has 0 N–H and O–H groups in total. The van der Waals surface area contributed by atoms with Crippen molar-refractivity contribution >= 4 is 17.5 Å². The molecule has 0 spiro atoms. The standard InChI is InChI=1S/C13H15N3OS/c1-3-16-13(14-9-15-16)8-12(17)10-4-6-11(18-2)7-5-10/h4-7,9H,3,8H2,1-2H3. The van der Waals surface area contributed by atoms with Crippen LogP contribution in [0.4, 0.5) is 0 Å². The Balaban J connectivity index is 2.11. The quantitative estimate of drug-likeness (QED) is 0.612. The summed E-state index contributed by atoms with van der Waals surface area (Å²) in [6, 6.07) is 7.65. The van der Waals surface area contributed by atoms with Crippen LogP contribution in [0.25, 0.3) is 0 Å². The van der Waals surface area contributed by atoms with Gasteiger partial charge in [0.25, 0.3) is 0 Å². The van der Waals surface area contributed by atoms with Crippen LogP contribution in [0, 0.1) is 0 Å². The number of hydrogen-bond acceptors (Lipinski definition) is 4. The second-order valence-electron chi connectivity index (χ2n) is 3.82. The number of benzene rings is 1. The van der Waals surface area contributed by atoms with Gasteiger partial charge in [-0.3, -0.25) is 4.79 Å². The number of Topliss-reactive ketones (excluding diaryl/α,β-unsaturated/α-hetero) is 1. The second-order valence-corrected chi connectivity index (χ2v) is 4.70. The van der Waals surface area contributed by atoms with Gasteiger partial charge in [-0.15, -0.1) is 11.8 Å². The normalized spacial score (nSPS) is 10.6. The number of ketones is 1. The summed E-state index contributed by atoms with van der Waals surface area (Å²) in [6.07, 6.45) is 3.80. The van der Waals surface area contributed by atoms with Gasteiger partial charge in [-0.05, 0) is 25.3 Å². The first-order valence-corrected chi connectivity index (χ1v) is 7.01. The fraction of sp³-hybridized carbons (Fsp3) is 0.308. The molecule has 1 aromatic carbocycles. The van der Waals surface area contributed by atoms with Crippen molar-refractivity contribution in [2.75, 3.05) is 6.26 Å². The van der Waals surface area contributed by atoms with Crippen molar-refractivity contribution in [2.45, 2.75) is 24.8 Å². The molecule has 5 heteroatoms. The van der Waals surface area contributed by atoms with Gasteiger partial charge in [0, 0.05) is 17.0 Å². The van der Waals surface area contributed by atoms with Crippen LogP contribution in [0.1, 0.15) is 23.1 Å². The highest BCUT2D eigenvalue weighted by Gasteiger charge is 2.11. The molecule has 0 aliphatic carbocycles. The summed E-state index contributed by atoms with van der Waals surface area (Å²) >= 11 is 1.66. The Bertz CT molecular complexity index is 533. The zero-order valence-electron chi connectivity index (χ0n) is 10.5. The predicted octanol–water partition coefficient (Wildman–Crippen LogP) is 2.45. The third-order valence-electron chi connectivity index (χ3n) is 2.73. The molecule has 0 saturated carbocycles. The third kappa shape index (κ3) is 2.79. The Kier molecular flexibility index (Phi) is 4.15. The Hall–Kier alpha value is -1.62. The molecule has 0 fully saturated rings. The van der Waals surface area contributed by atoms with Crippen molar-refractivity contribution in [2.24, 2.45) is 0 Å². The van der Waals surface area contributed by atoms with Gasteiger partial charge >= 0.3 is 0 Å². The summed E-state index contributed by atoms with van der Waals surface area (Å²) in [7, 11) is 0. The monoisotopic (exact) mass is 261 g/mol. The molecule has 0 aliphatic heterocycles. The summed E-state index contributed by atoms with van der Waals surface area (Å²) in [4.78, 5) is 17.4. The molecule has 0 atom stereocenters. The van der Waals surface area contributed by atoms with E-state index in [1.165, 1.54) is 6.33 Å². The van der Waals surface area contributed by atoms with Crippen molar-refractivity contribution in [3.05, 3.63) is 42.0 Å². The first-order valence-electron chi connectivity index (χ1n) is 5.78. The molecule has 1 heterocycles. The Morgan fingerprint density at radius 2 is 2.06 bits per heavy atom. The molecule has 2 aromatic rings. The molecule has 4 nitrogen and oxygen atoms in total. The van der Waals surface area contributed by atoms with Gasteiger partial charge in [-0.25, -0.2) is 9.67 Å². The van der Waals surface area contributed by atoms with Crippen molar-refractivity contribution < 1.29 is 4.79 Å². The summed E-state index contributed by atoms with van der Waals surface area (Å²) in [5, 5.41) is 4.06. The summed E-state index contributed by atoms with van der Waals surface area (Å²) in [5.74, 6) is 0.793. The number of thioether (sulfide) groups is 1. The van der Waals surface area contributed by atoms with E-state index in [9.17, 15) is 4.79 Å². The van der Waals surface area contributed by atoms with E-state index >= 15 is 0 Å². The van der Waals surface area contributed by atoms with E-state index in [1.54, 1.807) is 16.4 Å². The lowest BCUT2D eigenvalue weighted by atomic mass is 10.1. The minimum Gasteiger partial charge on any atom is -0.294 e. The number of aromatic nitrogens is 3. The minimum atomic E-state index is 0.0744. The summed E-state index contributed by atoms with van der Waals surface area (Å²) < 4.78 is 1.74. The third-order valence-corrected chi connectivity index (χ3v) is 3.47. The molecule has 18 heavy (non-hydrogen) atoms. The molecule has 0 saturated heterocycles. The van der Waals surface area contributed by atoms with Crippen molar-refractivity contribution in [1.29, 1.82) is 0 Å². The van der Waals surface area contributed by atoms with E-state index in [0.29, 0.717) is 6.42 Å². The van der Waals surface area contributed by atoms with E-state index < -0.39 is 0 Å². The van der Waals surface area contributed by atoms with E-state index in [2.05, 4.69) is 10.1 Å². The summed E-state index contributed by atoms with van der Waals surface area (Å²) in [6.45, 7) is 2.71. The lowest BCUT2D eigenvalue weighted by molar-refractivity contribution is 0.0989. The number of carbonyl (C=O) groups excluding carboxylic acids is 1. The van der Waals surface area contributed by atoms with Crippen molar-refractivity contribution in [3.63, 3.8) is 0 Å². The van der Waals surface area contributed by atoms with Crippen LogP contribution in [0.5, 0.6) is 0 Å². The first kappa shape index (κ1) is 12.8. The van der Waals surface area contributed by atoms with E-state index in [0.717, 1.165) is 22.8 Å². The molecule has 1 aromatic heterocycles. The summed E-state index contributed by atoms with van der Waals surface area (Å²) in [5.41, 5.74) is 0.721. The first-order chi connectivity index (χ1) is 8.74. The molecule has 0 bridgehead atoms. The number of nitrogens with zero attached hydrogens (tertiary/aromatic N) is 3. The lowest BCUT2D eigenvalue weighted by Gasteiger charge is -2.03. The van der Waals surface area contributed by atoms with Crippen LogP contribution < -0.4 is 0 Å². The maximum Gasteiger partial charge on any atom is 0.170 e. The fourth-order valence-corrected chi connectivity index (χ4v) is 2.12. The fourth-order valence-electron chi connectivity index (χ4n) is 1.71. The molecule has 94 valence electrons. The van der Waals surface area contributed by atoms with Crippen LogP contribution in [0.3, 0.4) is 0 Å². The molecule has 0 amide bonds. The molecule has 0 radical (unpaired) electrons. The second kappa shape index (κ2) is 5.82. The average molecular weight is 261 g/mol. The van der Waals surface area contributed by atoms with Gasteiger partial charge in [0.1, 0.15) is 12.2 Å². The number of hydrogen-bond donors (Lipinski definition) is 0. The zero-order valence-corrected chi connectivity index (χ0v) is 11.3. The van der Waals surface area contributed by atoms with Gasteiger partial charge < -0.3 is 0 Å². The molecular formula is C13H15N3OS. The number of carbonyl (C=O) groups is 1. The van der Waals surface area contributed by atoms with E-state index in [4.69, 9.17) is 0 Å². The van der Waals surface area contributed by atoms with Crippen LogP contribution in [-0.4, -0.2) is 26.8 Å². The highest BCUT2D eigenvalue weighted by atomic mass is 32.2. The van der Waals surface area contributed by atoms with E-state index in [-0.39, 0.29) is 5.78 Å². The maximum atomic E-state index is 12.1. The Morgan fingerprint density at radius 3 is 2.67 bits per heavy atom. The number of rotatable bonds is 5. The predicted molar refractivity (Wildman–Crippen MR) is 72.0 cm³/mol. The SMILES string of the molecule is CCn1ncnc1CC(=O)c1ccc(SC)cc1. The zero-order chi connectivity index (χ0) is 13.0. The molecule has 2 rings (SSSR count). The van der Waals surface area contributed by atoms with Gasteiger partial charge in [0.2, 0.25) is 0 Å². The molecule has 0 aliphatic rings. The highest BCUT2D eigenvalue weighted by molar-refractivity contribution is 7.98. The van der Waals surface area contributed by atoms with Crippen LogP contribution in [-0.2, 0) is 13.0 Å². The van der Waals surface area contributed by atoms with E-state index in [1.807, 2.05) is 37.4 Å². The maximum absolute atomic E-state index is 12.1. The van der Waals surface area contributed by atoms with Gasteiger partial charge in [0.05, 0.1) is 6.42 Å². The van der Waals surface area contributed by atoms with Gasteiger partial charge in [0.15, 0.2) is 5.78 Å². The molecular weight excluding hydrogens is 246 g/mol. The van der Waals surface area contributed by atoms with Crippen molar-refractivity contribution in [3.8, 4) is 0 Å². The highest BCUT2D eigenvalue weighted by Crippen LogP contribution is 2.15. The largest absolute Gasteiger partial charge is 0.294 e. The van der Waals surface area contributed by atoms with Gasteiger partial charge in [-0.1, -0.05) is 12.1 Å². The van der Waals surface area contributed by atoms with Crippen LogP contribution in [0.15, 0.2) is 35.5 Å². The number of aryl methyl sites for hydroxylation is 1. The average Bonchev–Trinajstić information content (AvgIpc) is 2.86. The lowest BCUT2D eigenvalue weighted by Crippen LogP contribution is -2.10. The Morgan fingerprint density at radius 1 is 1.33 bits per heavy atom. The Labute approximate surface area is 110 Å². The smallest absolute Gasteiger partial charge is 0.170 e.